The second kappa shape index (κ2) is 6.78. The maximum Gasteiger partial charge on any atom is 0.275 e. The van der Waals surface area contributed by atoms with Crippen LogP contribution in [0.4, 0.5) is 0 Å². The molecule has 1 fully saturated rings. The van der Waals surface area contributed by atoms with Crippen LogP contribution in [-0.2, 0) is 6.54 Å². The van der Waals surface area contributed by atoms with Crippen LogP contribution in [0.5, 0.6) is 0 Å². The number of quaternary nitrogens is 1. The van der Waals surface area contributed by atoms with E-state index in [4.69, 9.17) is 4.98 Å². The Labute approximate surface area is 164 Å². The van der Waals surface area contributed by atoms with Crippen LogP contribution in [-0.4, -0.2) is 26.1 Å². The minimum atomic E-state index is -0.101. The molecule has 1 saturated heterocycles. The Morgan fingerprint density at radius 1 is 1.22 bits per heavy atom. The molecule has 138 valence electrons. The van der Waals surface area contributed by atoms with Crippen molar-refractivity contribution in [2.24, 2.45) is 0 Å². The van der Waals surface area contributed by atoms with Crippen molar-refractivity contribution in [2.45, 2.75) is 38.8 Å². The molecule has 5 rings (SSSR count). The summed E-state index contributed by atoms with van der Waals surface area (Å²) in [5, 5.41) is 6.73. The van der Waals surface area contributed by atoms with Crippen LogP contribution in [0.3, 0.4) is 0 Å². The van der Waals surface area contributed by atoms with Gasteiger partial charge >= 0.3 is 0 Å². The van der Waals surface area contributed by atoms with Gasteiger partial charge in [0, 0.05) is 18.2 Å². The molecule has 1 aromatic carbocycles. The van der Waals surface area contributed by atoms with Gasteiger partial charge < -0.3 is 4.90 Å². The fraction of sp³-hybridized carbons (Fsp3) is 0.368. The minimum absolute atomic E-state index is 0.101. The van der Waals surface area contributed by atoms with Gasteiger partial charge in [0.25, 0.3) is 5.56 Å². The smallest absolute Gasteiger partial charge is 0.275 e. The van der Waals surface area contributed by atoms with Crippen molar-refractivity contribution in [2.75, 3.05) is 6.54 Å². The average Bonchev–Trinajstić information content (AvgIpc) is 3.26. The molecule has 2 atom stereocenters. The first-order valence-electron chi connectivity index (χ1n) is 9.24. The third-order valence-electron chi connectivity index (χ3n) is 5.14. The van der Waals surface area contributed by atoms with Crippen LogP contribution in [0.2, 0.25) is 0 Å². The molecule has 1 aliphatic rings. The monoisotopic (exact) mass is 398 g/mol. The van der Waals surface area contributed by atoms with Crippen molar-refractivity contribution in [1.29, 1.82) is 0 Å². The lowest BCUT2D eigenvalue weighted by molar-refractivity contribution is -0.950. The number of benzene rings is 1. The van der Waals surface area contributed by atoms with Gasteiger partial charge in [-0.2, -0.15) is 9.61 Å². The highest BCUT2D eigenvalue weighted by Gasteiger charge is 2.31. The van der Waals surface area contributed by atoms with Crippen molar-refractivity contribution < 1.29 is 4.90 Å². The SMILES string of the molecule is Cc1cc(=O)n2nc(C[NH+]3CCCC[C@H]3c3nc4ccccc4s3)sc2n1. The van der Waals surface area contributed by atoms with Gasteiger partial charge in [0.1, 0.15) is 12.6 Å². The predicted molar refractivity (Wildman–Crippen MR) is 108 cm³/mol. The summed E-state index contributed by atoms with van der Waals surface area (Å²) >= 11 is 3.34. The number of likely N-dealkylation sites (tertiary alicyclic amines) is 1. The highest BCUT2D eigenvalue weighted by atomic mass is 32.1. The normalized spacial score (nSPS) is 20.5. The zero-order valence-corrected chi connectivity index (χ0v) is 16.6. The van der Waals surface area contributed by atoms with Crippen molar-refractivity contribution >= 4 is 37.9 Å². The summed E-state index contributed by atoms with van der Waals surface area (Å²) in [4.78, 5) is 23.7. The molecular formula is C19H20N5OS2+. The van der Waals surface area contributed by atoms with E-state index in [-0.39, 0.29) is 5.56 Å². The van der Waals surface area contributed by atoms with Crippen molar-refractivity contribution in [3.63, 3.8) is 0 Å². The molecule has 1 N–H and O–H groups in total. The number of rotatable bonds is 3. The molecule has 1 aliphatic heterocycles. The highest BCUT2D eigenvalue weighted by molar-refractivity contribution is 7.18. The Kier molecular flexibility index (Phi) is 4.26. The molecule has 1 unspecified atom stereocenters. The number of fused-ring (bicyclic) bond motifs is 2. The van der Waals surface area contributed by atoms with Crippen molar-refractivity contribution in [1.82, 2.24) is 19.6 Å². The number of hydrogen-bond donors (Lipinski definition) is 1. The maximum atomic E-state index is 12.1. The average molecular weight is 399 g/mol. The van der Waals surface area contributed by atoms with E-state index in [1.807, 2.05) is 24.3 Å². The molecule has 8 heteroatoms. The second-order valence-corrected chi connectivity index (χ2v) is 9.18. The van der Waals surface area contributed by atoms with E-state index in [0.29, 0.717) is 11.0 Å². The summed E-state index contributed by atoms with van der Waals surface area (Å²) in [7, 11) is 0. The van der Waals surface area contributed by atoms with Crippen LogP contribution in [0.15, 0.2) is 35.1 Å². The lowest BCUT2D eigenvalue weighted by atomic mass is 10.0. The van der Waals surface area contributed by atoms with Gasteiger partial charge in [-0.1, -0.05) is 23.5 Å². The van der Waals surface area contributed by atoms with E-state index in [2.05, 4.69) is 28.3 Å². The molecule has 27 heavy (non-hydrogen) atoms. The Balaban J connectivity index is 1.47. The zero-order valence-electron chi connectivity index (χ0n) is 15.0. The fourth-order valence-electron chi connectivity index (χ4n) is 3.85. The molecule has 6 nitrogen and oxygen atoms in total. The molecule has 4 aromatic rings. The van der Waals surface area contributed by atoms with E-state index in [0.717, 1.165) is 35.7 Å². The quantitative estimate of drug-likeness (QED) is 0.576. The molecule has 0 aliphatic carbocycles. The van der Waals surface area contributed by atoms with E-state index >= 15 is 0 Å². The third-order valence-corrected chi connectivity index (χ3v) is 7.19. The lowest BCUT2D eigenvalue weighted by Crippen LogP contribution is -3.11. The zero-order chi connectivity index (χ0) is 18.4. The van der Waals surface area contributed by atoms with Gasteiger partial charge in [0.15, 0.2) is 10.0 Å². The maximum absolute atomic E-state index is 12.1. The molecule has 0 bridgehead atoms. The van der Waals surface area contributed by atoms with Crippen LogP contribution >= 0.6 is 22.7 Å². The molecule has 0 saturated carbocycles. The summed E-state index contributed by atoms with van der Waals surface area (Å²) in [6.45, 7) is 3.77. The topological polar surface area (TPSA) is 64.6 Å². The number of piperidine rings is 1. The first-order chi connectivity index (χ1) is 13.2. The second-order valence-electron chi connectivity index (χ2n) is 7.08. The van der Waals surface area contributed by atoms with Crippen LogP contribution < -0.4 is 10.5 Å². The van der Waals surface area contributed by atoms with E-state index in [1.54, 1.807) is 0 Å². The lowest BCUT2D eigenvalue weighted by Gasteiger charge is -2.30. The van der Waals surface area contributed by atoms with Crippen LogP contribution in [0.1, 0.15) is 41.0 Å². The minimum Gasteiger partial charge on any atom is -0.321 e. The van der Waals surface area contributed by atoms with Crippen molar-refractivity contribution in [3.8, 4) is 0 Å². The summed E-state index contributed by atoms with van der Waals surface area (Å²) in [5.41, 5.74) is 1.73. The summed E-state index contributed by atoms with van der Waals surface area (Å²) in [6.07, 6.45) is 3.61. The summed E-state index contributed by atoms with van der Waals surface area (Å²) < 4.78 is 2.69. The van der Waals surface area contributed by atoms with E-state index in [9.17, 15) is 4.79 Å². The Bertz CT molecular complexity index is 1140. The number of thiazole rings is 1. The Hall–Kier alpha value is -2.16. The van der Waals surface area contributed by atoms with Gasteiger partial charge in [0.05, 0.1) is 16.8 Å². The highest BCUT2D eigenvalue weighted by Crippen LogP contribution is 2.29. The third kappa shape index (κ3) is 3.18. The van der Waals surface area contributed by atoms with Gasteiger partial charge in [-0.3, -0.25) is 4.79 Å². The summed E-state index contributed by atoms with van der Waals surface area (Å²) in [5.74, 6) is 0. The number of nitrogens with zero attached hydrogens (tertiary/aromatic N) is 4. The van der Waals surface area contributed by atoms with Gasteiger partial charge in [0.2, 0.25) is 4.96 Å². The molecule has 0 radical (unpaired) electrons. The fourth-order valence-corrected chi connectivity index (χ4v) is 6.01. The molecule has 0 amide bonds. The van der Waals surface area contributed by atoms with Gasteiger partial charge in [-0.05, 0) is 31.9 Å². The number of hydrogen-bond acceptors (Lipinski definition) is 6. The predicted octanol–water partition coefficient (Wildman–Crippen LogP) is 2.38. The van der Waals surface area contributed by atoms with Gasteiger partial charge in [-0.25, -0.2) is 9.97 Å². The van der Waals surface area contributed by atoms with Crippen LogP contribution in [0, 0.1) is 6.92 Å². The molecular weight excluding hydrogens is 378 g/mol. The summed E-state index contributed by atoms with van der Waals surface area (Å²) in [6, 6.07) is 10.3. The number of para-hydroxylation sites is 1. The standard InChI is InChI=1S/C19H19N5OS2/c1-12-10-17(25)24-19(20-12)27-16(22-24)11-23-9-5-4-7-14(23)18-21-13-6-2-3-8-15(13)26-18/h2-3,6,8,10,14H,4-5,7,9,11H2,1H3/p+1/t14-/m0/s1. The van der Waals surface area contributed by atoms with E-state index < -0.39 is 0 Å². The Morgan fingerprint density at radius 2 is 2.11 bits per heavy atom. The van der Waals surface area contributed by atoms with Crippen molar-refractivity contribution in [3.05, 3.63) is 56.4 Å². The van der Waals surface area contributed by atoms with E-state index in [1.165, 1.54) is 49.4 Å². The first-order valence-corrected chi connectivity index (χ1v) is 10.9. The number of nitrogens with one attached hydrogen (secondary N) is 1. The molecule has 0 spiro atoms. The van der Waals surface area contributed by atoms with Gasteiger partial charge in [-0.15, -0.1) is 11.3 Å². The Morgan fingerprint density at radius 3 is 3.00 bits per heavy atom. The molecule has 3 aromatic heterocycles. The van der Waals surface area contributed by atoms with Crippen LogP contribution in [0.25, 0.3) is 15.2 Å². The number of aromatic nitrogens is 4. The largest absolute Gasteiger partial charge is 0.321 e. The first kappa shape index (κ1) is 17.0. The number of aryl methyl sites for hydroxylation is 1. The molecule has 4 heterocycles.